The Balaban J connectivity index is 1.59. The number of carbonyl (C=O) groups excluding carboxylic acids is 1. The van der Waals surface area contributed by atoms with Gasteiger partial charge in [-0.3, -0.25) is 4.79 Å². The van der Waals surface area contributed by atoms with Crippen LogP contribution in [0.2, 0.25) is 0 Å². The number of benzene rings is 1. The first-order chi connectivity index (χ1) is 11.3. The Morgan fingerprint density at radius 1 is 1.09 bits per heavy atom. The molecular weight excluding hydrogens is 290 g/mol. The zero-order valence-electron chi connectivity index (χ0n) is 13.2. The highest BCUT2D eigenvalue weighted by molar-refractivity contribution is 5.97. The lowest BCUT2D eigenvalue weighted by molar-refractivity contribution is 0.0759. The van der Waals surface area contributed by atoms with E-state index in [1.54, 1.807) is 4.68 Å². The maximum atomic E-state index is 13.0. The third-order valence-corrected chi connectivity index (χ3v) is 5.37. The predicted octanol–water partition coefficient (Wildman–Crippen LogP) is 2.46. The number of hydrogen-bond donors (Lipinski definition) is 0. The number of nitrogens with zero attached hydrogens (tertiary/aromatic N) is 5. The molecule has 2 heterocycles. The first kappa shape index (κ1) is 14.4. The molecule has 1 saturated carbocycles. The zero-order chi connectivity index (χ0) is 15.7. The van der Waals surface area contributed by atoms with Gasteiger partial charge in [0.05, 0.1) is 11.3 Å². The number of likely N-dealkylation sites (tertiary alicyclic amines) is 1. The Morgan fingerprint density at radius 2 is 1.91 bits per heavy atom. The molecule has 0 unspecified atom stereocenters. The minimum Gasteiger partial charge on any atom is -0.338 e. The first-order valence-electron chi connectivity index (χ1n) is 8.39. The largest absolute Gasteiger partial charge is 0.338 e. The quantitative estimate of drug-likeness (QED) is 0.854. The van der Waals surface area contributed by atoms with Crippen LogP contribution in [0.15, 0.2) is 30.6 Å². The fourth-order valence-electron chi connectivity index (χ4n) is 4.11. The normalized spacial score (nSPS) is 20.1. The first-order valence-corrected chi connectivity index (χ1v) is 8.39. The summed E-state index contributed by atoms with van der Waals surface area (Å²) in [7, 11) is 0. The lowest BCUT2D eigenvalue weighted by Gasteiger charge is -2.33. The molecule has 1 saturated heterocycles. The monoisotopic (exact) mass is 311 g/mol. The fraction of sp³-hybridized carbons (Fsp3) is 0.529. The molecule has 1 aliphatic heterocycles. The Hall–Kier alpha value is -2.24. The molecule has 1 spiro atoms. The summed E-state index contributed by atoms with van der Waals surface area (Å²) in [6, 6.07) is 7.55. The van der Waals surface area contributed by atoms with Crippen molar-refractivity contribution >= 4 is 5.91 Å². The third-order valence-electron chi connectivity index (χ3n) is 5.37. The predicted molar refractivity (Wildman–Crippen MR) is 85.2 cm³/mol. The van der Waals surface area contributed by atoms with Crippen molar-refractivity contribution in [3.63, 3.8) is 0 Å². The Bertz CT molecular complexity index is 691. The molecule has 1 aromatic heterocycles. The van der Waals surface area contributed by atoms with E-state index >= 15 is 0 Å². The highest BCUT2D eigenvalue weighted by Crippen LogP contribution is 2.44. The van der Waals surface area contributed by atoms with Crippen molar-refractivity contribution in [1.29, 1.82) is 0 Å². The standard InChI is InChI=1S/C17H21N5O/c23-16(21-11-10-17(12-21)8-4-1-5-9-17)14-6-2-3-7-15(14)22-13-18-19-20-22/h2-3,6-7,13H,1,4-5,8-12H2. The third kappa shape index (κ3) is 2.62. The summed E-state index contributed by atoms with van der Waals surface area (Å²) in [4.78, 5) is 15.1. The molecule has 0 bridgehead atoms. The summed E-state index contributed by atoms with van der Waals surface area (Å²) in [6.07, 6.45) is 9.17. The van der Waals surface area contributed by atoms with Crippen molar-refractivity contribution in [3.8, 4) is 5.69 Å². The van der Waals surface area contributed by atoms with Gasteiger partial charge in [0.2, 0.25) is 0 Å². The van der Waals surface area contributed by atoms with Crippen LogP contribution in [0.5, 0.6) is 0 Å². The van der Waals surface area contributed by atoms with Gasteiger partial charge in [-0.25, -0.2) is 0 Å². The molecule has 23 heavy (non-hydrogen) atoms. The van der Waals surface area contributed by atoms with Gasteiger partial charge in [0.1, 0.15) is 6.33 Å². The van der Waals surface area contributed by atoms with Gasteiger partial charge in [0.15, 0.2) is 0 Å². The Kier molecular flexibility index (Phi) is 3.59. The summed E-state index contributed by atoms with van der Waals surface area (Å²) >= 11 is 0. The fourth-order valence-corrected chi connectivity index (χ4v) is 4.11. The number of tetrazole rings is 1. The van der Waals surface area contributed by atoms with Gasteiger partial charge < -0.3 is 4.90 Å². The number of rotatable bonds is 2. The molecule has 2 aliphatic rings. The summed E-state index contributed by atoms with van der Waals surface area (Å²) in [5.74, 6) is 0.0959. The van der Waals surface area contributed by atoms with Gasteiger partial charge in [0.25, 0.3) is 5.91 Å². The molecule has 2 aromatic rings. The second-order valence-corrected chi connectivity index (χ2v) is 6.81. The van der Waals surface area contributed by atoms with Crippen LogP contribution in [0.4, 0.5) is 0 Å². The van der Waals surface area contributed by atoms with E-state index in [-0.39, 0.29) is 5.91 Å². The molecule has 0 N–H and O–H groups in total. The van der Waals surface area contributed by atoms with Gasteiger partial charge in [-0.2, -0.15) is 4.68 Å². The minimum atomic E-state index is 0.0959. The molecule has 120 valence electrons. The maximum Gasteiger partial charge on any atom is 0.256 e. The molecule has 6 nitrogen and oxygen atoms in total. The van der Waals surface area contributed by atoms with E-state index in [1.807, 2.05) is 29.2 Å². The van der Waals surface area contributed by atoms with Crippen molar-refractivity contribution in [1.82, 2.24) is 25.1 Å². The number of aromatic nitrogens is 4. The Morgan fingerprint density at radius 3 is 2.70 bits per heavy atom. The molecule has 6 heteroatoms. The second-order valence-electron chi connectivity index (χ2n) is 6.81. The number of amides is 1. The van der Waals surface area contributed by atoms with Gasteiger partial charge in [0, 0.05) is 13.1 Å². The zero-order valence-corrected chi connectivity index (χ0v) is 13.2. The van der Waals surface area contributed by atoms with Gasteiger partial charge in [-0.1, -0.05) is 31.4 Å². The van der Waals surface area contributed by atoms with E-state index in [4.69, 9.17) is 0 Å². The van der Waals surface area contributed by atoms with Crippen LogP contribution in [0.1, 0.15) is 48.9 Å². The van der Waals surface area contributed by atoms with Gasteiger partial charge >= 0.3 is 0 Å². The van der Waals surface area contributed by atoms with Gasteiger partial charge in [-0.05, 0) is 47.2 Å². The average Bonchev–Trinajstić information content (AvgIpc) is 3.26. The molecule has 1 amide bonds. The average molecular weight is 311 g/mol. The summed E-state index contributed by atoms with van der Waals surface area (Å²) in [5, 5.41) is 11.3. The van der Waals surface area contributed by atoms with Crippen molar-refractivity contribution in [2.75, 3.05) is 13.1 Å². The SMILES string of the molecule is O=C(c1ccccc1-n1cnnn1)N1CCC2(CCCCC2)C1. The number of carbonyl (C=O) groups is 1. The van der Waals surface area contributed by atoms with Crippen molar-refractivity contribution in [3.05, 3.63) is 36.2 Å². The highest BCUT2D eigenvalue weighted by atomic mass is 16.2. The molecule has 1 aromatic carbocycles. The van der Waals surface area contributed by atoms with Crippen molar-refractivity contribution in [2.45, 2.75) is 38.5 Å². The lowest BCUT2D eigenvalue weighted by Crippen LogP contribution is -2.33. The van der Waals surface area contributed by atoms with E-state index in [2.05, 4.69) is 15.5 Å². The maximum absolute atomic E-state index is 13.0. The van der Waals surface area contributed by atoms with Crippen molar-refractivity contribution < 1.29 is 4.79 Å². The topological polar surface area (TPSA) is 63.9 Å². The molecule has 1 aliphatic carbocycles. The highest BCUT2D eigenvalue weighted by Gasteiger charge is 2.40. The number of para-hydroxylation sites is 1. The second kappa shape index (κ2) is 5.76. The van der Waals surface area contributed by atoms with E-state index < -0.39 is 0 Å². The summed E-state index contributed by atoms with van der Waals surface area (Å²) in [6.45, 7) is 1.76. The van der Waals surface area contributed by atoms with Crippen LogP contribution < -0.4 is 0 Å². The van der Waals surface area contributed by atoms with Crippen LogP contribution in [0.3, 0.4) is 0 Å². The van der Waals surface area contributed by atoms with E-state index in [1.165, 1.54) is 38.4 Å². The van der Waals surface area contributed by atoms with Crippen molar-refractivity contribution in [2.24, 2.45) is 5.41 Å². The van der Waals surface area contributed by atoms with Gasteiger partial charge in [-0.15, -0.1) is 5.10 Å². The molecular formula is C17H21N5O. The molecule has 0 atom stereocenters. The van der Waals surface area contributed by atoms with Crippen LogP contribution in [-0.4, -0.2) is 44.1 Å². The van der Waals surface area contributed by atoms with E-state index in [0.29, 0.717) is 11.0 Å². The Labute approximate surface area is 135 Å². The van der Waals surface area contributed by atoms with Crippen LogP contribution in [0.25, 0.3) is 5.69 Å². The number of hydrogen-bond acceptors (Lipinski definition) is 4. The molecule has 0 radical (unpaired) electrons. The molecule has 2 fully saturated rings. The molecule has 4 rings (SSSR count). The summed E-state index contributed by atoms with van der Waals surface area (Å²) < 4.78 is 1.56. The minimum absolute atomic E-state index is 0.0959. The lowest BCUT2D eigenvalue weighted by atomic mass is 9.73. The van der Waals surface area contributed by atoms with Crippen LogP contribution >= 0.6 is 0 Å². The van der Waals surface area contributed by atoms with Crippen LogP contribution in [0, 0.1) is 5.41 Å². The summed E-state index contributed by atoms with van der Waals surface area (Å²) in [5.41, 5.74) is 1.79. The van der Waals surface area contributed by atoms with E-state index in [0.717, 1.165) is 25.2 Å². The van der Waals surface area contributed by atoms with Crippen LogP contribution in [-0.2, 0) is 0 Å². The van der Waals surface area contributed by atoms with E-state index in [9.17, 15) is 4.79 Å². The smallest absolute Gasteiger partial charge is 0.256 e.